The largest absolute Gasteiger partial charge is 0.330 e. The van der Waals surface area contributed by atoms with Crippen molar-refractivity contribution in [3.05, 3.63) is 39.4 Å². The zero-order valence-electron chi connectivity index (χ0n) is 10.5. The number of nitro groups is 1. The average molecular weight is 249 g/mol. The first-order valence-corrected chi connectivity index (χ1v) is 6.39. The van der Waals surface area contributed by atoms with Crippen molar-refractivity contribution in [3.63, 3.8) is 0 Å². The van der Waals surface area contributed by atoms with Crippen LogP contribution in [0.25, 0.3) is 0 Å². The van der Waals surface area contributed by atoms with Gasteiger partial charge in [-0.2, -0.15) is 0 Å². The van der Waals surface area contributed by atoms with Crippen molar-refractivity contribution in [2.24, 2.45) is 5.73 Å². The molecule has 0 spiro atoms. The Balaban J connectivity index is 2.02. The molecule has 1 heterocycles. The second-order valence-corrected chi connectivity index (χ2v) is 4.73. The van der Waals surface area contributed by atoms with Crippen LogP contribution in [0, 0.1) is 10.1 Å². The third kappa shape index (κ3) is 3.05. The van der Waals surface area contributed by atoms with Crippen LogP contribution in [0.15, 0.2) is 18.2 Å². The van der Waals surface area contributed by atoms with Gasteiger partial charge in [0.05, 0.1) is 4.92 Å². The Kier molecular flexibility index (Phi) is 4.28. The molecule has 1 aliphatic heterocycles. The van der Waals surface area contributed by atoms with Gasteiger partial charge in [0.15, 0.2) is 0 Å². The highest BCUT2D eigenvalue weighted by molar-refractivity contribution is 5.41. The summed E-state index contributed by atoms with van der Waals surface area (Å²) in [6.45, 7) is 3.62. The molecule has 2 rings (SSSR count). The summed E-state index contributed by atoms with van der Waals surface area (Å²) in [6, 6.07) is 5.21. The predicted octanol–water partition coefficient (Wildman–Crippen LogP) is 1.69. The number of fused-ring (bicyclic) bond motifs is 1. The van der Waals surface area contributed by atoms with Crippen LogP contribution in [-0.4, -0.2) is 29.5 Å². The van der Waals surface area contributed by atoms with Crippen LogP contribution in [0.2, 0.25) is 0 Å². The van der Waals surface area contributed by atoms with Crippen molar-refractivity contribution in [3.8, 4) is 0 Å². The molecule has 1 aromatic rings. The van der Waals surface area contributed by atoms with E-state index in [-0.39, 0.29) is 10.6 Å². The van der Waals surface area contributed by atoms with E-state index in [1.54, 1.807) is 12.1 Å². The smallest absolute Gasteiger partial charge is 0.269 e. The van der Waals surface area contributed by atoms with Gasteiger partial charge in [0.2, 0.25) is 0 Å². The highest BCUT2D eigenvalue weighted by Crippen LogP contribution is 2.23. The molecular weight excluding hydrogens is 230 g/mol. The van der Waals surface area contributed by atoms with E-state index in [1.807, 2.05) is 6.07 Å². The van der Waals surface area contributed by atoms with Crippen LogP contribution in [0.3, 0.4) is 0 Å². The first-order chi connectivity index (χ1) is 8.70. The van der Waals surface area contributed by atoms with Gasteiger partial charge in [-0.1, -0.05) is 6.07 Å². The maximum Gasteiger partial charge on any atom is 0.269 e. The number of nitrogens with two attached hydrogens (primary N) is 1. The predicted molar refractivity (Wildman–Crippen MR) is 70.4 cm³/mol. The van der Waals surface area contributed by atoms with Gasteiger partial charge in [-0.15, -0.1) is 0 Å². The molecule has 1 aromatic carbocycles. The molecule has 0 bridgehead atoms. The van der Waals surface area contributed by atoms with Gasteiger partial charge in [-0.3, -0.25) is 15.0 Å². The van der Waals surface area contributed by atoms with Gasteiger partial charge >= 0.3 is 0 Å². The molecular formula is C13H19N3O2. The number of unbranched alkanes of at least 4 members (excludes halogenated alkanes) is 1. The highest BCUT2D eigenvalue weighted by Gasteiger charge is 2.18. The summed E-state index contributed by atoms with van der Waals surface area (Å²) in [5.74, 6) is 0. The van der Waals surface area contributed by atoms with Crippen molar-refractivity contribution >= 4 is 5.69 Å². The SMILES string of the molecule is NCCCCN1CCc2ccc([N+](=O)[O-])cc2C1. The Bertz CT molecular complexity index is 434. The third-order valence-corrected chi connectivity index (χ3v) is 3.42. The summed E-state index contributed by atoms with van der Waals surface area (Å²) in [6.07, 6.45) is 3.12. The zero-order valence-corrected chi connectivity index (χ0v) is 10.5. The van der Waals surface area contributed by atoms with Crippen molar-refractivity contribution < 1.29 is 4.92 Å². The number of non-ortho nitro benzene ring substituents is 1. The molecule has 0 radical (unpaired) electrons. The van der Waals surface area contributed by atoms with Crippen molar-refractivity contribution in [2.75, 3.05) is 19.6 Å². The van der Waals surface area contributed by atoms with Crippen molar-refractivity contribution in [1.29, 1.82) is 0 Å². The number of hydrogen-bond acceptors (Lipinski definition) is 4. The number of nitrogens with zero attached hydrogens (tertiary/aromatic N) is 2. The summed E-state index contributed by atoms with van der Waals surface area (Å²) in [4.78, 5) is 12.8. The molecule has 2 N–H and O–H groups in total. The summed E-state index contributed by atoms with van der Waals surface area (Å²) in [5.41, 5.74) is 8.02. The van der Waals surface area contributed by atoms with E-state index in [0.29, 0.717) is 0 Å². The number of hydrogen-bond donors (Lipinski definition) is 1. The lowest BCUT2D eigenvalue weighted by Gasteiger charge is -2.28. The van der Waals surface area contributed by atoms with Gasteiger partial charge in [-0.25, -0.2) is 0 Å². The van der Waals surface area contributed by atoms with E-state index < -0.39 is 0 Å². The summed E-state index contributed by atoms with van der Waals surface area (Å²) >= 11 is 0. The van der Waals surface area contributed by atoms with E-state index >= 15 is 0 Å². The molecule has 0 amide bonds. The standard InChI is InChI=1S/C13H19N3O2/c14-6-1-2-7-15-8-5-11-3-4-13(16(17)18)9-12(11)10-15/h3-4,9H,1-2,5-8,10,14H2. The maximum absolute atomic E-state index is 10.8. The minimum absolute atomic E-state index is 0.192. The van der Waals surface area contributed by atoms with E-state index in [2.05, 4.69) is 4.90 Å². The maximum atomic E-state index is 10.8. The Morgan fingerprint density at radius 2 is 2.17 bits per heavy atom. The topological polar surface area (TPSA) is 72.4 Å². The van der Waals surface area contributed by atoms with Crippen LogP contribution in [0.4, 0.5) is 5.69 Å². The second kappa shape index (κ2) is 5.93. The average Bonchev–Trinajstić information content (AvgIpc) is 2.38. The fourth-order valence-corrected chi connectivity index (χ4v) is 2.39. The van der Waals surface area contributed by atoms with E-state index in [0.717, 1.165) is 51.0 Å². The normalized spacial score (nSPS) is 15.4. The molecule has 0 saturated heterocycles. The lowest BCUT2D eigenvalue weighted by Crippen LogP contribution is -2.31. The van der Waals surface area contributed by atoms with Crippen LogP contribution >= 0.6 is 0 Å². The molecule has 0 unspecified atom stereocenters. The minimum Gasteiger partial charge on any atom is -0.330 e. The van der Waals surface area contributed by atoms with Gasteiger partial charge in [0, 0.05) is 25.2 Å². The first-order valence-electron chi connectivity index (χ1n) is 6.39. The molecule has 0 fully saturated rings. The molecule has 0 aliphatic carbocycles. The fraction of sp³-hybridized carbons (Fsp3) is 0.538. The fourth-order valence-electron chi connectivity index (χ4n) is 2.39. The quantitative estimate of drug-likeness (QED) is 0.489. The highest BCUT2D eigenvalue weighted by atomic mass is 16.6. The lowest BCUT2D eigenvalue weighted by molar-refractivity contribution is -0.385. The number of benzene rings is 1. The van der Waals surface area contributed by atoms with Crippen LogP contribution in [-0.2, 0) is 13.0 Å². The molecule has 1 aliphatic rings. The van der Waals surface area contributed by atoms with Crippen molar-refractivity contribution in [1.82, 2.24) is 4.90 Å². The van der Waals surface area contributed by atoms with Gasteiger partial charge in [-0.05, 0) is 43.5 Å². The first kappa shape index (κ1) is 13.0. The molecule has 18 heavy (non-hydrogen) atoms. The van der Waals surface area contributed by atoms with Gasteiger partial charge in [0.25, 0.3) is 5.69 Å². The van der Waals surface area contributed by atoms with Crippen LogP contribution < -0.4 is 5.73 Å². The summed E-state index contributed by atoms with van der Waals surface area (Å²) in [7, 11) is 0. The van der Waals surface area contributed by atoms with Crippen molar-refractivity contribution in [2.45, 2.75) is 25.8 Å². The molecule has 98 valence electrons. The van der Waals surface area contributed by atoms with E-state index in [9.17, 15) is 10.1 Å². The zero-order chi connectivity index (χ0) is 13.0. The van der Waals surface area contributed by atoms with Crippen LogP contribution in [0.5, 0.6) is 0 Å². The molecule has 5 heteroatoms. The minimum atomic E-state index is -0.326. The molecule has 5 nitrogen and oxygen atoms in total. The Labute approximate surface area is 107 Å². The van der Waals surface area contributed by atoms with E-state index in [1.165, 1.54) is 5.56 Å². The van der Waals surface area contributed by atoms with E-state index in [4.69, 9.17) is 5.73 Å². The van der Waals surface area contributed by atoms with Gasteiger partial charge in [0.1, 0.15) is 0 Å². The monoisotopic (exact) mass is 249 g/mol. The summed E-state index contributed by atoms with van der Waals surface area (Å²) in [5, 5.41) is 10.8. The second-order valence-electron chi connectivity index (χ2n) is 4.73. The lowest BCUT2D eigenvalue weighted by atomic mass is 9.99. The molecule has 0 aromatic heterocycles. The van der Waals surface area contributed by atoms with Crippen LogP contribution in [0.1, 0.15) is 24.0 Å². The Morgan fingerprint density at radius 1 is 1.33 bits per heavy atom. The Hall–Kier alpha value is -1.46. The number of rotatable bonds is 5. The Morgan fingerprint density at radius 3 is 2.89 bits per heavy atom. The number of nitro benzene ring substituents is 1. The van der Waals surface area contributed by atoms with Gasteiger partial charge < -0.3 is 5.73 Å². The molecule has 0 saturated carbocycles. The molecule has 0 atom stereocenters. The third-order valence-electron chi connectivity index (χ3n) is 3.42. The summed E-state index contributed by atoms with van der Waals surface area (Å²) < 4.78 is 0.